The highest BCUT2D eigenvalue weighted by molar-refractivity contribution is 5.87. The summed E-state index contributed by atoms with van der Waals surface area (Å²) in [5, 5.41) is 10.0. The fourth-order valence-corrected chi connectivity index (χ4v) is 7.68. The zero-order chi connectivity index (χ0) is 35.9. The van der Waals surface area contributed by atoms with Crippen molar-refractivity contribution in [1.29, 1.82) is 5.26 Å². The molecule has 0 spiro atoms. The molecule has 4 heteroatoms. The highest BCUT2D eigenvalue weighted by Gasteiger charge is 2.37. The van der Waals surface area contributed by atoms with Gasteiger partial charge in [0.2, 0.25) is 0 Å². The molecule has 0 aliphatic heterocycles. The molecule has 53 heavy (non-hydrogen) atoms. The standard InChI is InChI=1S/C49H34N4/c1-49(2)43-28-35(21-23-41(43)42-20-12-19-36(30-50)47(42)49)38-25-39(37-22-24-44(51-31-37)32-13-6-3-7-14-32)27-40(26-38)46-29-45(33-15-8-4-9-16-33)52-48(53-46)34-17-10-5-11-18-34/h3-29,31H,1-2H3. The largest absolute Gasteiger partial charge is 0.256 e. The molecule has 4 nitrogen and oxygen atoms in total. The smallest absolute Gasteiger partial charge is 0.160 e. The molecule has 0 atom stereocenters. The van der Waals surface area contributed by atoms with Crippen LogP contribution in [0.5, 0.6) is 0 Å². The van der Waals surface area contributed by atoms with Crippen LogP contribution in [0.3, 0.4) is 0 Å². The number of nitriles is 1. The molecule has 6 aromatic carbocycles. The molecule has 0 bridgehead atoms. The second kappa shape index (κ2) is 13.0. The van der Waals surface area contributed by atoms with E-state index >= 15 is 0 Å². The molecular formula is C49H34N4. The first-order chi connectivity index (χ1) is 26.0. The summed E-state index contributed by atoms with van der Waals surface area (Å²) in [7, 11) is 0. The zero-order valence-electron chi connectivity index (χ0n) is 29.5. The number of benzene rings is 6. The van der Waals surface area contributed by atoms with Crippen LogP contribution in [-0.2, 0) is 5.41 Å². The number of fused-ring (bicyclic) bond motifs is 3. The summed E-state index contributed by atoms with van der Waals surface area (Å²) >= 11 is 0. The van der Waals surface area contributed by atoms with Crippen LogP contribution in [0.25, 0.3) is 78.5 Å². The van der Waals surface area contributed by atoms with Crippen molar-refractivity contribution in [2.75, 3.05) is 0 Å². The lowest BCUT2D eigenvalue weighted by molar-refractivity contribution is 0.658. The highest BCUT2D eigenvalue weighted by Crippen LogP contribution is 2.51. The molecule has 8 aromatic rings. The minimum absolute atomic E-state index is 0.327. The van der Waals surface area contributed by atoms with Gasteiger partial charge in [0.05, 0.1) is 28.7 Å². The summed E-state index contributed by atoms with van der Waals surface area (Å²) in [5.41, 5.74) is 15.9. The van der Waals surface area contributed by atoms with E-state index in [0.29, 0.717) is 5.82 Å². The van der Waals surface area contributed by atoms with Gasteiger partial charge in [0.15, 0.2) is 5.82 Å². The second-order valence-electron chi connectivity index (χ2n) is 14.0. The Kier molecular flexibility index (Phi) is 7.83. The molecule has 2 aromatic heterocycles. The maximum atomic E-state index is 10.0. The van der Waals surface area contributed by atoms with Crippen LogP contribution in [-0.4, -0.2) is 15.0 Å². The van der Waals surface area contributed by atoms with E-state index in [-0.39, 0.29) is 5.41 Å². The minimum Gasteiger partial charge on any atom is -0.256 e. The maximum Gasteiger partial charge on any atom is 0.160 e. The summed E-state index contributed by atoms with van der Waals surface area (Å²) in [5.74, 6) is 0.674. The van der Waals surface area contributed by atoms with Crippen molar-refractivity contribution in [2.24, 2.45) is 0 Å². The summed E-state index contributed by atoms with van der Waals surface area (Å²) in [6, 6.07) is 58.9. The van der Waals surface area contributed by atoms with E-state index < -0.39 is 0 Å². The van der Waals surface area contributed by atoms with Crippen molar-refractivity contribution < 1.29 is 0 Å². The lowest BCUT2D eigenvalue weighted by Gasteiger charge is -2.23. The summed E-state index contributed by atoms with van der Waals surface area (Å²) in [6.07, 6.45) is 1.96. The third-order valence-corrected chi connectivity index (χ3v) is 10.3. The lowest BCUT2D eigenvalue weighted by Crippen LogP contribution is -2.16. The summed E-state index contributed by atoms with van der Waals surface area (Å²) < 4.78 is 0. The van der Waals surface area contributed by atoms with Crippen LogP contribution in [0.4, 0.5) is 0 Å². The normalized spacial score (nSPS) is 12.5. The van der Waals surface area contributed by atoms with Crippen molar-refractivity contribution >= 4 is 0 Å². The van der Waals surface area contributed by atoms with Gasteiger partial charge in [-0.1, -0.05) is 135 Å². The minimum atomic E-state index is -0.327. The van der Waals surface area contributed by atoms with Crippen LogP contribution >= 0.6 is 0 Å². The first kappa shape index (κ1) is 32.0. The Morgan fingerprint density at radius 1 is 0.453 bits per heavy atom. The molecule has 0 unspecified atom stereocenters. The Balaban J connectivity index is 1.23. The molecule has 0 saturated carbocycles. The van der Waals surface area contributed by atoms with Gasteiger partial charge >= 0.3 is 0 Å². The van der Waals surface area contributed by atoms with E-state index in [1.807, 2.05) is 72.9 Å². The van der Waals surface area contributed by atoms with Crippen LogP contribution in [0, 0.1) is 11.3 Å². The van der Waals surface area contributed by atoms with Gasteiger partial charge in [0.25, 0.3) is 0 Å². The molecule has 1 aliphatic rings. The predicted octanol–water partition coefficient (Wildman–Crippen LogP) is 12.1. The molecule has 9 rings (SSSR count). The van der Waals surface area contributed by atoms with Crippen molar-refractivity contribution in [1.82, 2.24) is 15.0 Å². The zero-order valence-corrected chi connectivity index (χ0v) is 29.5. The number of rotatable bonds is 6. The Bertz CT molecular complexity index is 2620. The van der Waals surface area contributed by atoms with Gasteiger partial charge in [0, 0.05) is 39.4 Å². The summed E-state index contributed by atoms with van der Waals surface area (Å²) in [6.45, 7) is 4.45. The maximum absolute atomic E-state index is 10.0. The third-order valence-electron chi connectivity index (χ3n) is 10.3. The van der Waals surface area contributed by atoms with Gasteiger partial charge in [-0.3, -0.25) is 4.98 Å². The van der Waals surface area contributed by atoms with E-state index in [1.165, 1.54) is 11.1 Å². The quantitative estimate of drug-likeness (QED) is 0.176. The van der Waals surface area contributed by atoms with Crippen molar-refractivity contribution in [3.63, 3.8) is 0 Å². The van der Waals surface area contributed by atoms with Gasteiger partial charge in [-0.2, -0.15) is 5.26 Å². The first-order valence-electron chi connectivity index (χ1n) is 17.8. The van der Waals surface area contributed by atoms with Gasteiger partial charge in [-0.25, -0.2) is 9.97 Å². The molecule has 0 amide bonds. The van der Waals surface area contributed by atoms with Gasteiger partial charge in [-0.05, 0) is 81.4 Å². The molecule has 0 N–H and O–H groups in total. The van der Waals surface area contributed by atoms with E-state index in [4.69, 9.17) is 15.0 Å². The van der Waals surface area contributed by atoms with Gasteiger partial charge in [0.1, 0.15) is 0 Å². The Hall–Kier alpha value is -6.96. The van der Waals surface area contributed by atoms with Gasteiger partial charge in [-0.15, -0.1) is 0 Å². The topological polar surface area (TPSA) is 62.5 Å². The first-order valence-corrected chi connectivity index (χ1v) is 17.8. The second-order valence-corrected chi connectivity index (χ2v) is 14.0. The van der Waals surface area contributed by atoms with E-state index in [0.717, 1.165) is 78.3 Å². The average molecular weight is 679 g/mol. The Labute approximate surface area is 309 Å². The van der Waals surface area contributed by atoms with Crippen LogP contribution < -0.4 is 0 Å². The Morgan fingerprint density at radius 3 is 1.68 bits per heavy atom. The third kappa shape index (κ3) is 5.79. The molecule has 0 radical (unpaired) electrons. The van der Waals surface area contributed by atoms with Gasteiger partial charge < -0.3 is 0 Å². The SMILES string of the molecule is CC1(C)c2cc(-c3cc(-c4ccc(-c5ccccc5)nc4)cc(-c4cc(-c5ccccc5)nc(-c5ccccc5)n4)c3)ccc2-c2cccc(C#N)c21. The number of aromatic nitrogens is 3. The van der Waals surface area contributed by atoms with Crippen LogP contribution in [0.15, 0.2) is 170 Å². The monoisotopic (exact) mass is 678 g/mol. The molecule has 2 heterocycles. The van der Waals surface area contributed by atoms with E-state index in [2.05, 4.69) is 117 Å². The fourth-order valence-electron chi connectivity index (χ4n) is 7.68. The number of hydrogen-bond acceptors (Lipinski definition) is 4. The molecule has 0 fully saturated rings. The van der Waals surface area contributed by atoms with Crippen molar-refractivity contribution in [3.05, 3.63) is 187 Å². The lowest BCUT2D eigenvalue weighted by atomic mass is 9.79. The van der Waals surface area contributed by atoms with Crippen LogP contribution in [0.2, 0.25) is 0 Å². The Morgan fingerprint density at radius 2 is 1.04 bits per heavy atom. The average Bonchev–Trinajstić information content (AvgIpc) is 3.47. The van der Waals surface area contributed by atoms with Crippen molar-refractivity contribution in [3.8, 4) is 84.6 Å². The van der Waals surface area contributed by atoms with Crippen molar-refractivity contribution in [2.45, 2.75) is 19.3 Å². The number of nitrogens with zero attached hydrogens (tertiary/aromatic N) is 4. The fraction of sp³-hybridized carbons (Fsp3) is 0.0612. The highest BCUT2D eigenvalue weighted by atomic mass is 14.9. The molecular weight excluding hydrogens is 645 g/mol. The van der Waals surface area contributed by atoms with E-state index in [1.54, 1.807) is 0 Å². The molecule has 0 saturated heterocycles. The number of hydrogen-bond donors (Lipinski definition) is 0. The van der Waals surface area contributed by atoms with Crippen LogP contribution in [0.1, 0.15) is 30.5 Å². The predicted molar refractivity (Wildman–Crippen MR) is 215 cm³/mol. The van der Waals surface area contributed by atoms with E-state index in [9.17, 15) is 5.26 Å². The molecule has 1 aliphatic carbocycles. The molecule has 250 valence electrons. The number of pyridine rings is 1. The summed E-state index contributed by atoms with van der Waals surface area (Å²) in [4.78, 5) is 15.1.